The van der Waals surface area contributed by atoms with Crippen molar-refractivity contribution in [2.24, 2.45) is 0 Å². The van der Waals surface area contributed by atoms with Gasteiger partial charge >= 0.3 is 0 Å². The first-order chi connectivity index (χ1) is 6.36. The molecule has 0 atom stereocenters. The Labute approximate surface area is 77.2 Å². The maximum absolute atomic E-state index is 11.5. The summed E-state index contributed by atoms with van der Waals surface area (Å²) in [5, 5.41) is 2.95. The van der Waals surface area contributed by atoms with Crippen molar-refractivity contribution in [3.8, 4) is 0 Å². The fourth-order valence-corrected chi connectivity index (χ4v) is 1.32. The van der Waals surface area contributed by atoms with E-state index >= 15 is 0 Å². The minimum Gasteiger partial charge on any atom is -0.349 e. The summed E-state index contributed by atoms with van der Waals surface area (Å²) in [6.07, 6.45) is 6.73. The van der Waals surface area contributed by atoms with Gasteiger partial charge in [0.1, 0.15) is 0 Å². The summed E-state index contributed by atoms with van der Waals surface area (Å²) in [5.74, 6) is -0.00204. The largest absolute Gasteiger partial charge is 0.349 e. The second kappa shape index (κ2) is 3.56. The van der Waals surface area contributed by atoms with E-state index in [1.165, 1.54) is 6.42 Å². The Bertz CT molecular complexity index is 293. The van der Waals surface area contributed by atoms with Gasteiger partial charge in [-0.05, 0) is 31.4 Å². The predicted molar refractivity (Wildman–Crippen MR) is 49.3 cm³/mol. The van der Waals surface area contributed by atoms with Crippen molar-refractivity contribution in [3.05, 3.63) is 30.1 Å². The van der Waals surface area contributed by atoms with Crippen LogP contribution in [0.1, 0.15) is 29.6 Å². The van der Waals surface area contributed by atoms with Crippen LogP contribution in [0.2, 0.25) is 0 Å². The molecule has 0 aromatic carbocycles. The van der Waals surface area contributed by atoms with E-state index in [0.29, 0.717) is 11.6 Å². The fraction of sp³-hybridized carbons (Fsp3) is 0.400. The van der Waals surface area contributed by atoms with Crippen LogP contribution >= 0.6 is 0 Å². The molecule has 1 aliphatic carbocycles. The zero-order valence-corrected chi connectivity index (χ0v) is 7.36. The van der Waals surface area contributed by atoms with E-state index in [1.54, 1.807) is 24.5 Å². The topological polar surface area (TPSA) is 42.0 Å². The second-order valence-electron chi connectivity index (χ2n) is 3.34. The molecule has 1 aromatic rings. The Balaban J connectivity index is 1.97. The molecule has 2 rings (SSSR count). The zero-order valence-electron chi connectivity index (χ0n) is 7.36. The Kier molecular flexibility index (Phi) is 2.25. The number of hydrogen-bond acceptors (Lipinski definition) is 2. The molecular weight excluding hydrogens is 164 g/mol. The molecule has 1 amide bonds. The van der Waals surface area contributed by atoms with Gasteiger partial charge in [-0.2, -0.15) is 0 Å². The zero-order chi connectivity index (χ0) is 9.10. The molecule has 0 spiro atoms. The average Bonchev–Trinajstić information content (AvgIpc) is 2.12. The molecule has 3 heteroatoms. The van der Waals surface area contributed by atoms with Gasteiger partial charge in [-0.15, -0.1) is 0 Å². The molecule has 0 saturated heterocycles. The molecule has 68 valence electrons. The highest BCUT2D eigenvalue weighted by molar-refractivity contribution is 5.94. The smallest absolute Gasteiger partial charge is 0.253 e. The second-order valence-corrected chi connectivity index (χ2v) is 3.34. The predicted octanol–water partition coefficient (Wildman–Crippen LogP) is 1.36. The van der Waals surface area contributed by atoms with Gasteiger partial charge in [0.15, 0.2) is 0 Å². The van der Waals surface area contributed by atoms with Crippen LogP contribution in [-0.4, -0.2) is 16.9 Å². The number of nitrogens with zero attached hydrogens (tertiary/aromatic N) is 1. The van der Waals surface area contributed by atoms with Crippen LogP contribution in [0.5, 0.6) is 0 Å². The maximum Gasteiger partial charge on any atom is 0.253 e. The van der Waals surface area contributed by atoms with E-state index in [2.05, 4.69) is 10.3 Å². The highest BCUT2D eigenvalue weighted by Gasteiger charge is 2.19. The number of carbonyl (C=O) groups excluding carboxylic acids is 1. The maximum atomic E-state index is 11.5. The standard InChI is InChI=1S/C10H12N2O/c13-10(12-9-4-1-5-9)8-3-2-6-11-7-8/h2-3,6-7,9H,1,4-5H2,(H,12,13). The van der Waals surface area contributed by atoms with Crippen LogP contribution in [0.4, 0.5) is 0 Å². The highest BCUT2D eigenvalue weighted by Crippen LogP contribution is 2.18. The lowest BCUT2D eigenvalue weighted by Crippen LogP contribution is -2.39. The molecule has 0 bridgehead atoms. The fourth-order valence-electron chi connectivity index (χ4n) is 1.32. The van der Waals surface area contributed by atoms with E-state index in [0.717, 1.165) is 12.8 Å². The van der Waals surface area contributed by atoms with E-state index in [1.807, 2.05) is 0 Å². The third-order valence-electron chi connectivity index (χ3n) is 2.36. The van der Waals surface area contributed by atoms with Crippen LogP contribution < -0.4 is 5.32 Å². The SMILES string of the molecule is O=C(NC1CCC1)c1cccnc1. The summed E-state index contributed by atoms with van der Waals surface area (Å²) in [6, 6.07) is 3.95. The molecule has 3 nitrogen and oxygen atoms in total. The highest BCUT2D eigenvalue weighted by atomic mass is 16.1. The van der Waals surface area contributed by atoms with Crippen LogP contribution in [0.3, 0.4) is 0 Å². The Morgan fingerprint density at radius 3 is 2.92 bits per heavy atom. The molecule has 0 aliphatic heterocycles. The average molecular weight is 176 g/mol. The number of carbonyl (C=O) groups is 1. The molecule has 1 N–H and O–H groups in total. The van der Waals surface area contributed by atoms with Gasteiger partial charge in [0, 0.05) is 18.4 Å². The summed E-state index contributed by atoms with van der Waals surface area (Å²) in [6.45, 7) is 0. The van der Waals surface area contributed by atoms with E-state index in [9.17, 15) is 4.79 Å². The van der Waals surface area contributed by atoms with Gasteiger partial charge < -0.3 is 5.32 Å². The normalized spacial score (nSPS) is 16.3. The number of aromatic nitrogens is 1. The van der Waals surface area contributed by atoms with E-state index in [-0.39, 0.29) is 5.91 Å². The first-order valence-corrected chi connectivity index (χ1v) is 4.57. The molecule has 0 unspecified atom stereocenters. The van der Waals surface area contributed by atoms with Crippen molar-refractivity contribution in [1.82, 2.24) is 10.3 Å². The van der Waals surface area contributed by atoms with Gasteiger partial charge in [0.2, 0.25) is 0 Å². The summed E-state index contributed by atoms with van der Waals surface area (Å²) >= 11 is 0. The summed E-state index contributed by atoms with van der Waals surface area (Å²) < 4.78 is 0. The lowest BCUT2D eigenvalue weighted by Gasteiger charge is -2.26. The molecule has 0 radical (unpaired) electrons. The molecule has 1 aliphatic rings. The number of amides is 1. The van der Waals surface area contributed by atoms with Crippen molar-refractivity contribution in [1.29, 1.82) is 0 Å². The molecule has 1 saturated carbocycles. The van der Waals surface area contributed by atoms with Gasteiger partial charge in [-0.25, -0.2) is 0 Å². The van der Waals surface area contributed by atoms with Gasteiger partial charge in [0.25, 0.3) is 5.91 Å². The van der Waals surface area contributed by atoms with Gasteiger partial charge in [-0.3, -0.25) is 9.78 Å². The van der Waals surface area contributed by atoms with Crippen LogP contribution in [0.25, 0.3) is 0 Å². The third kappa shape index (κ3) is 1.86. The third-order valence-corrected chi connectivity index (χ3v) is 2.36. The monoisotopic (exact) mass is 176 g/mol. The number of rotatable bonds is 2. The van der Waals surface area contributed by atoms with Crippen molar-refractivity contribution in [2.75, 3.05) is 0 Å². The lowest BCUT2D eigenvalue weighted by atomic mass is 9.93. The number of hydrogen-bond donors (Lipinski definition) is 1. The molecule has 1 aromatic heterocycles. The lowest BCUT2D eigenvalue weighted by molar-refractivity contribution is 0.0916. The van der Waals surface area contributed by atoms with Crippen LogP contribution in [0, 0.1) is 0 Å². The van der Waals surface area contributed by atoms with E-state index in [4.69, 9.17) is 0 Å². The number of pyridine rings is 1. The molecule has 13 heavy (non-hydrogen) atoms. The van der Waals surface area contributed by atoms with Crippen LogP contribution in [0.15, 0.2) is 24.5 Å². The number of nitrogens with one attached hydrogen (secondary N) is 1. The first kappa shape index (κ1) is 8.23. The van der Waals surface area contributed by atoms with Crippen molar-refractivity contribution >= 4 is 5.91 Å². The van der Waals surface area contributed by atoms with Gasteiger partial charge in [-0.1, -0.05) is 0 Å². The summed E-state index contributed by atoms with van der Waals surface area (Å²) in [5.41, 5.74) is 0.648. The Morgan fingerprint density at radius 1 is 1.54 bits per heavy atom. The van der Waals surface area contributed by atoms with Crippen LogP contribution in [-0.2, 0) is 0 Å². The van der Waals surface area contributed by atoms with Gasteiger partial charge in [0.05, 0.1) is 5.56 Å². The molecular formula is C10H12N2O. The van der Waals surface area contributed by atoms with Crippen molar-refractivity contribution < 1.29 is 4.79 Å². The quantitative estimate of drug-likeness (QED) is 0.739. The van der Waals surface area contributed by atoms with Crippen molar-refractivity contribution in [2.45, 2.75) is 25.3 Å². The minimum absolute atomic E-state index is 0.00204. The summed E-state index contributed by atoms with van der Waals surface area (Å²) in [4.78, 5) is 15.4. The Hall–Kier alpha value is -1.38. The summed E-state index contributed by atoms with van der Waals surface area (Å²) in [7, 11) is 0. The molecule has 1 heterocycles. The van der Waals surface area contributed by atoms with E-state index < -0.39 is 0 Å². The Morgan fingerprint density at radius 2 is 2.38 bits per heavy atom. The first-order valence-electron chi connectivity index (χ1n) is 4.57. The minimum atomic E-state index is -0.00204. The molecule has 1 fully saturated rings. The van der Waals surface area contributed by atoms with Crippen molar-refractivity contribution in [3.63, 3.8) is 0 Å².